The number of hydrogen-bond donors (Lipinski definition) is 2. The van der Waals surface area contributed by atoms with Crippen LogP contribution >= 0.6 is 11.8 Å². The summed E-state index contributed by atoms with van der Waals surface area (Å²) < 4.78 is 66.8. The third-order valence-corrected chi connectivity index (χ3v) is 6.43. The van der Waals surface area contributed by atoms with Crippen molar-refractivity contribution < 1.29 is 41.4 Å². The average molecular weight is 569 g/mol. The summed E-state index contributed by atoms with van der Waals surface area (Å²) in [5.74, 6) is -6.06. The molecule has 4 aromatic rings. The van der Waals surface area contributed by atoms with Crippen molar-refractivity contribution in [2.24, 2.45) is 0 Å². The minimum absolute atomic E-state index is 0.0625. The molecule has 2 N–H and O–H groups in total. The van der Waals surface area contributed by atoms with Crippen LogP contribution in [0.25, 0.3) is 21.9 Å². The second-order valence-electron chi connectivity index (χ2n) is 8.46. The summed E-state index contributed by atoms with van der Waals surface area (Å²) in [6.45, 7) is -0.302. The SMILES string of the molecule is CSc1nc2c(C(=O)N3CCC(F)(F)C(Oc4ccc5ccccc5n4)C3)cccc2[nH]1.O=C(O)C(F)(F)F. The maximum atomic E-state index is 14.7. The first-order valence-corrected chi connectivity index (χ1v) is 12.6. The molecule has 14 heteroatoms. The number of carboxylic acids is 1. The van der Waals surface area contributed by atoms with Crippen LogP contribution in [0.3, 0.4) is 0 Å². The summed E-state index contributed by atoms with van der Waals surface area (Å²) in [4.78, 5) is 35.5. The number of ether oxygens (including phenoxy) is 1. The molecule has 0 radical (unpaired) electrons. The second kappa shape index (κ2) is 11.0. The van der Waals surface area contributed by atoms with E-state index >= 15 is 0 Å². The Balaban J connectivity index is 0.000000448. The van der Waals surface area contributed by atoms with E-state index in [9.17, 15) is 26.7 Å². The Morgan fingerprint density at radius 1 is 1.10 bits per heavy atom. The largest absolute Gasteiger partial charge is 0.490 e. The Labute approximate surface area is 222 Å². The number of alkyl halides is 5. The number of fused-ring (bicyclic) bond motifs is 2. The van der Waals surface area contributed by atoms with E-state index < -0.39 is 30.6 Å². The highest BCUT2D eigenvalue weighted by Crippen LogP contribution is 2.33. The lowest BCUT2D eigenvalue weighted by molar-refractivity contribution is -0.192. The zero-order valence-corrected chi connectivity index (χ0v) is 21.0. The van der Waals surface area contributed by atoms with Gasteiger partial charge in [-0.05, 0) is 30.5 Å². The number of benzene rings is 2. The molecule has 0 bridgehead atoms. The van der Waals surface area contributed by atoms with Crippen LogP contribution in [0.4, 0.5) is 22.0 Å². The number of pyridine rings is 1. The molecule has 1 saturated heterocycles. The molecule has 206 valence electrons. The fraction of sp³-hybridized carbons (Fsp3) is 0.280. The zero-order chi connectivity index (χ0) is 28.4. The highest BCUT2D eigenvalue weighted by molar-refractivity contribution is 7.98. The van der Waals surface area contributed by atoms with Crippen molar-refractivity contribution in [3.63, 3.8) is 0 Å². The van der Waals surface area contributed by atoms with Gasteiger partial charge in [-0.3, -0.25) is 4.79 Å². The number of halogens is 5. The van der Waals surface area contributed by atoms with Crippen LogP contribution in [-0.4, -0.2) is 74.4 Å². The number of aromatic nitrogens is 3. The first-order chi connectivity index (χ1) is 18.4. The number of aliphatic carboxylic acids is 1. The van der Waals surface area contributed by atoms with E-state index in [2.05, 4.69) is 15.0 Å². The van der Waals surface area contributed by atoms with Crippen LogP contribution in [0, 0.1) is 0 Å². The number of H-pyrrole nitrogens is 1. The number of para-hydroxylation sites is 2. The number of piperidine rings is 1. The number of amides is 1. The summed E-state index contributed by atoms with van der Waals surface area (Å²) in [6.07, 6.45) is -5.17. The lowest BCUT2D eigenvalue weighted by atomic mass is 10.0. The molecule has 8 nitrogen and oxygen atoms in total. The minimum Gasteiger partial charge on any atom is -0.475 e. The van der Waals surface area contributed by atoms with E-state index in [1.165, 1.54) is 16.7 Å². The first-order valence-electron chi connectivity index (χ1n) is 11.4. The Bertz CT molecular complexity index is 1510. The summed E-state index contributed by atoms with van der Waals surface area (Å²) >= 11 is 1.43. The van der Waals surface area contributed by atoms with Crippen LogP contribution in [0.2, 0.25) is 0 Å². The summed E-state index contributed by atoms with van der Waals surface area (Å²) in [7, 11) is 0. The van der Waals surface area contributed by atoms with Gasteiger partial charge in [-0.25, -0.2) is 23.5 Å². The van der Waals surface area contributed by atoms with Gasteiger partial charge in [0.15, 0.2) is 11.3 Å². The molecule has 0 aliphatic carbocycles. The van der Waals surface area contributed by atoms with Gasteiger partial charge < -0.3 is 19.7 Å². The van der Waals surface area contributed by atoms with Gasteiger partial charge in [-0.1, -0.05) is 36.0 Å². The molecule has 5 rings (SSSR count). The Morgan fingerprint density at radius 2 is 1.82 bits per heavy atom. The number of carbonyl (C=O) groups is 2. The maximum Gasteiger partial charge on any atom is 0.490 e. The van der Waals surface area contributed by atoms with Gasteiger partial charge in [-0.2, -0.15) is 13.2 Å². The van der Waals surface area contributed by atoms with Crippen LogP contribution in [0.5, 0.6) is 5.88 Å². The third-order valence-electron chi connectivity index (χ3n) is 5.85. The second-order valence-corrected chi connectivity index (χ2v) is 9.26. The molecule has 0 saturated carbocycles. The van der Waals surface area contributed by atoms with E-state index in [1.54, 1.807) is 30.3 Å². The van der Waals surface area contributed by atoms with Crippen molar-refractivity contribution in [3.05, 3.63) is 60.2 Å². The Morgan fingerprint density at radius 3 is 2.51 bits per heavy atom. The van der Waals surface area contributed by atoms with Gasteiger partial charge in [-0.15, -0.1) is 0 Å². The number of thioether (sulfide) groups is 1. The van der Waals surface area contributed by atoms with Crippen molar-refractivity contribution in [2.45, 2.75) is 29.8 Å². The summed E-state index contributed by atoms with van der Waals surface area (Å²) in [5, 5.41) is 8.71. The van der Waals surface area contributed by atoms with E-state index in [1.807, 2.05) is 30.5 Å². The van der Waals surface area contributed by atoms with Gasteiger partial charge in [0.25, 0.3) is 11.8 Å². The van der Waals surface area contributed by atoms with Gasteiger partial charge in [0.2, 0.25) is 5.88 Å². The van der Waals surface area contributed by atoms with E-state index in [0.29, 0.717) is 21.8 Å². The molecule has 2 aromatic heterocycles. The molecule has 3 heterocycles. The molecular weight excluding hydrogens is 547 g/mol. The van der Waals surface area contributed by atoms with Crippen LogP contribution < -0.4 is 4.74 Å². The number of nitrogens with one attached hydrogen (secondary N) is 1. The van der Waals surface area contributed by atoms with Crippen molar-refractivity contribution in [3.8, 4) is 5.88 Å². The lowest BCUT2D eigenvalue weighted by Crippen LogP contribution is -2.55. The molecule has 39 heavy (non-hydrogen) atoms. The monoisotopic (exact) mass is 568 g/mol. The van der Waals surface area contributed by atoms with E-state index in [0.717, 1.165) is 10.9 Å². The van der Waals surface area contributed by atoms with Gasteiger partial charge in [0.1, 0.15) is 5.52 Å². The van der Waals surface area contributed by atoms with Crippen molar-refractivity contribution in [1.29, 1.82) is 0 Å². The number of likely N-dealkylation sites (tertiary alicyclic amines) is 1. The number of carbonyl (C=O) groups excluding carboxylic acids is 1. The van der Waals surface area contributed by atoms with Crippen molar-refractivity contribution >= 4 is 45.6 Å². The van der Waals surface area contributed by atoms with Gasteiger partial charge in [0.05, 0.1) is 23.1 Å². The molecule has 1 amide bonds. The van der Waals surface area contributed by atoms with Gasteiger partial charge >= 0.3 is 12.1 Å². The number of rotatable bonds is 4. The predicted octanol–water partition coefficient (Wildman–Crippen LogP) is 5.40. The highest BCUT2D eigenvalue weighted by atomic mass is 32.2. The van der Waals surface area contributed by atoms with Crippen LogP contribution in [-0.2, 0) is 4.79 Å². The number of hydrogen-bond acceptors (Lipinski definition) is 6. The summed E-state index contributed by atoms with van der Waals surface area (Å²) in [6, 6.07) is 16.0. The smallest absolute Gasteiger partial charge is 0.475 e. The van der Waals surface area contributed by atoms with Crippen LogP contribution in [0.1, 0.15) is 16.8 Å². The molecule has 1 aliphatic rings. The topological polar surface area (TPSA) is 108 Å². The Kier molecular flexibility index (Phi) is 7.95. The van der Waals surface area contributed by atoms with Crippen molar-refractivity contribution in [2.75, 3.05) is 19.3 Å². The first kappa shape index (κ1) is 28.1. The molecule has 1 unspecified atom stereocenters. The van der Waals surface area contributed by atoms with Gasteiger partial charge in [0, 0.05) is 24.4 Å². The standard InChI is InChI=1S/C23H20F2N4O2S.C2HF3O2/c1-32-22-27-17-8-4-6-15(20(17)28-22)21(30)29-12-11-23(24,25)18(13-29)31-19-10-9-14-5-2-3-7-16(14)26-19;3-2(4,5)1(6)7/h2-10,18H,11-13H2,1H3,(H,27,28);(H,6,7). The van der Waals surface area contributed by atoms with Crippen LogP contribution in [0.15, 0.2) is 59.8 Å². The molecule has 1 aliphatic heterocycles. The number of nitrogens with zero attached hydrogens (tertiary/aromatic N) is 3. The average Bonchev–Trinajstić information content (AvgIpc) is 3.33. The molecule has 2 aromatic carbocycles. The molecule has 1 fully saturated rings. The fourth-order valence-corrected chi connectivity index (χ4v) is 4.28. The fourth-order valence-electron chi connectivity index (χ4n) is 3.89. The lowest BCUT2D eigenvalue weighted by Gasteiger charge is -2.38. The molecule has 0 spiro atoms. The normalized spacial score (nSPS) is 17.0. The highest BCUT2D eigenvalue weighted by Gasteiger charge is 2.47. The third kappa shape index (κ3) is 6.38. The predicted molar refractivity (Wildman–Crippen MR) is 133 cm³/mol. The quantitative estimate of drug-likeness (QED) is 0.251. The molecular formula is C25H21F5N4O4S. The number of aromatic amines is 1. The minimum atomic E-state index is -5.08. The van der Waals surface area contributed by atoms with Crippen molar-refractivity contribution in [1.82, 2.24) is 19.9 Å². The number of carboxylic acid groups (broad SMARTS) is 1. The number of imidazole rings is 1. The molecule has 1 atom stereocenters. The zero-order valence-electron chi connectivity index (χ0n) is 20.2. The maximum absolute atomic E-state index is 14.7. The Hall–Kier alpha value is -3.94. The van der Waals surface area contributed by atoms with E-state index in [-0.39, 0.29) is 24.9 Å². The van der Waals surface area contributed by atoms with E-state index in [4.69, 9.17) is 14.6 Å². The summed E-state index contributed by atoms with van der Waals surface area (Å²) in [5.41, 5.74) is 2.31.